The number of rotatable bonds is 2. The first kappa shape index (κ1) is 13.3. The van der Waals surface area contributed by atoms with Gasteiger partial charge in [0.25, 0.3) is 0 Å². The van der Waals surface area contributed by atoms with Crippen molar-refractivity contribution in [2.75, 3.05) is 6.61 Å². The van der Waals surface area contributed by atoms with Crippen molar-refractivity contribution in [1.82, 2.24) is 9.97 Å². The molecule has 0 spiro atoms. The summed E-state index contributed by atoms with van der Waals surface area (Å²) in [5, 5.41) is 1.31. The van der Waals surface area contributed by atoms with Gasteiger partial charge in [-0.15, -0.1) is 0 Å². The Morgan fingerprint density at radius 3 is 2.67 bits per heavy atom. The number of carbonyl (C=O) groups is 1. The van der Waals surface area contributed by atoms with Gasteiger partial charge in [-0.3, -0.25) is 0 Å². The van der Waals surface area contributed by atoms with Crippen LogP contribution in [0.3, 0.4) is 0 Å². The summed E-state index contributed by atoms with van der Waals surface area (Å²) < 4.78 is 4.80. The molecule has 0 atom stereocenters. The Bertz CT molecular complexity index is 631. The van der Waals surface area contributed by atoms with Gasteiger partial charge in [-0.1, -0.05) is 34.8 Å². The summed E-state index contributed by atoms with van der Waals surface area (Å²) in [5.74, 6) is -0.772. The van der Waals surface area contributed by atoms with Crippen molar-refractivity contribution in [1.29, 1.82) is 0 Å². The summed E-state index contributed by atoms with van der Waals surface area (Å²) >= 11 is 17.8. The molecule has 2 aromatic rings. The fraction of sp³-hybridized carbons (Fsp3) is 0.182. The number of hydrogen-bond donors (Lipinski definition) is 0. The maximum absolute atomic E-state index is 11.5. The molecule has 0 unspecified atom stereocenters. The van der Waals surface area contributed by atoms with E-state index in [2.05, 4.69) is 9.97 Å². The van der Waals surface area contributed by atoms with E-state index in [0.717, 1.165) is 0 Å². The maximum Gasteiger partial charge on any atom is 0.376 e. The molecule has 0 aliphatic carbocycles. The van der Waals surface area contributed by atoms with Gasteiger partial charge in [0.15, 0.2) is 0 Å². The Morgan fingerprint density at radius 2 is 2.00 bits per heavy atom. The Morgan fingerprint density at radius 1 is 1.28 bits per heavy atom. The number of hydrogen-bond acceptors (Lipinski definition) is 4. The summed E-state index contributed by atoms with van der Waals surface area (Å²) in [6.45, 7) is 1.92. The summed E-state index contributed by atoms with van der Waals surface area (Å²) in [7, 11) is 0. The van der Waals surface area contributed by atoms with Crippen LogP contribution in [0.15, 0.2) is 12.1 Å². The maximum atomic E-state index is 11.5. The monoisotopic (exact) mass is 304 g/mol. The summed E-state index contributed by atoms with van der Waals surface area (Å²) in [6.07, 6.45) is 0. The largest absolute Gasteiger partial charge is 0.460 e. The first-order valence-corrected chi connectivity index (χ1v) is 6.15. The van der Waals surface area contributed by atoms with Crippen LogP contribution >= 0.6 is 34.8 Å². The number of fused-ring (bicyclic) bond motifs is 1. The lowest BCUT2D eigenvalue weighted by atomic mass is 10.2. The van der Waals surface area contributed by atoms with Crippen molar-refractivity contribution in [3.8, 4) is 0 Å². The van der Waals surface area contributed by atoms with Crippen molar-refractivity contribution in [3.63, 3.8) is 0 Å². The third-order valence-corrected chi connectivity index (χ3v) is 2.92. The van der Waals surface area contributed by atoms with Crippen LogP contribution in [0.4, 0.5) is 0 Å². The Balaban J connectivity index is 2.65. The summed E-state index contributed by atoms with van der Waals surface area (Å²) in [5.41, 5.74) is 0.365. The molecule has 1 aromatic heterocycles. The Kier molecular flexibility index (Phi) is 3.90. The van der Waals surface area contributed by atoms with Crippen LogP contribution in [-0.2, 0) is 4.74 Å². The van der Waals surface area contributed by atoms with Gasteiger partial charge >= 0.3 is 5.97 Å². The second-order valence-corrected chi connectivity index (χ2v) is 4.54. The molecule has 2 rings (SSSR count). The molecule has 0 N–H and O–H groups in total. The van der Waals surface area contributed by atoms with Crippen LogP contribution in [0, 0.1) is 0 Å². The van der Waals surface area contributed by atoms with Crippen molar-refractivity contribution >= 4 is 51.7 Å². The lowest BCUT2D eigenvalue weighted by Gasteiger charge is -2.05. The summed E-state index contributed by atoms with van der Waals surface area (Å²) in [4.78, 5) is 19.4. The van der Waals surface area contributed by atoms with E-state index < -0.39 is 5.97 Å². The Labute approximate surface area is 118 Å². The van der Waals surface area contributed by atoms with Crippen LogP contribution in [0.25, 0.3) is 10.9 Å². The first-order valence-electron chi connectivity index (χ1n) is 5.02. The lowest BCUT2D eigenvalue weighted by molar-refractivity contribution is 0.0512. The predicted molar refractivity (Wildman–Crippen MR) is 70.5 cm³/mol. The van der Waals surface area contributed by atoms with Gasteiger partial charge in [0.2, 0.25) is 5.82 Å². The highest BCUT2D eigenvalue weighted by Crippen LogP contribution is 2.30. The molecular weight excluding hydrogens is 298 g/mol. The SMILES string of the molecule is CCOC(=O)c1nc(Cl)c2cc(Cl)cc(Cl)c2n1. The number of ether oxygens (including phenoxy) is 1. The Hall–Kier alpha value is -1.10. The molecule has 0 bridgehead atoms. The highest BCUT2D eigenvalue weighted by atomic mass is 35.5. The minimum atomic E-state index is -0.646. The van der Waals surface area contributed by atoms with E-state index in [1.54, 1.807) is 13.0 Å². The fourth-order valence-electron chi connectivity index (χ4n) is 1.41. The van der Waals surface area contributed by atoms with E-state index in [-0.39, 0.29) is 17.6 Å². The van der Waals surface area contributed by atoms with Crippen molar-refractivity contribution in [2.24, 2.45) is 0 Å². The molecule has 0 aliphatic heterocycles. The zero-order valence-corrected chi connectivity index (χ0v) is 11.5. The first-order chi connectivity index (χ1) is 8.52. The van der Waals surface area contributed by atoms with Crippen molar-refractivity contribution < 1.29 is 9.53 Å². The third kappa shape index (κ3) is 2.51. The van der Waals surface area contributed by atoms with E-state index in [1.165, 1.54) is 6.07 Å². The van der Waals surface area contributed by atoms with E-state index in [0.29, 0.717) is 20.9 Å². The smallest absolute Gasteiger partial charge is 0.376 e. The average Bonchev–Trinajstić information content (AvgIpc) is 2.30. The molecule has 0 saturated heterocycles. The normalized spacial score (nSPS) is 10.7. The standard InChI is InChI=1S/C11H7Cl3N2O2/c1-2-18-11(17)10-15-8-6(9(14)16-10)3-5(12)4-7(8)13/h3-4H,2H2,1H3. The van der Waals surface area contributed by atoms with Crippen LogP contribution < -0.4 is 0 Å². The number of halogens is 3. The van der Waals surface area contributed by atoms with E-state index >= 15 is 0 Å². The molecule has 0 aliphatic rings. The number of carbonyl (C=O) groups excluding carboxylic acids is 1. The average molecular weight is 306 g/mol. The van der Waals surface area contributed by atoms with Gasteiger partial charge < -0.3 is 4.74 Å². The fourth-order valence-corrected chi connectivity index (χ4v) is 2.17. The van der Waals surface area contributed by atoms with Gasteiger partial charge in [0, 0.05) is 10.4 Å². The number of nitrogens with zero attached hydrogens (tertiary/aromatic N) is 2. The molecule has 0 amide bonds. The number of aromatic nitrogens is 2. The highest BCUT2D eigenvalue weighted by Gasteiger charge is 2.16. The topological polar surface area (TPSA) is 52.1 Å². The second-order valence-electron chi connectivity index (χ2n) is 3.34. The molecule has 7 heteroatoms. The zero-order chi connectivity index (χ0) is 13.3. The van der Waals surface area contributed by atoms with Gasteiger partial charge in [0.1, 0.15) is 5.15 Å². The van der Waals surface area contributed by atoms with Gasteiger partial charge in [-0.05, 0) is 19.1 Å². The van der Waals surface area contributed by atoms with Crippen molar-refractivity contribution in [2.45, 2.75) is 6.92 Å². The van der Waals surface area contributed by atoms with E-state index in [9.17, 15) is 4.79 Å². The molecule has 4 nitrogen and oxygen atoms in total. The molecule has 0 saturated carbocycles. The summed E-state index contributed by atoms with van der Waals surface area (Å²) in [6, 6.07) is 3.10. The minimum absolute atomic E-state index is 0.104. The second kappa shape index (κ2) is 5.26. The predicted octanol–water partition coefficient (Wildman–Crippen LogP) is 3.77. The minimum Gasteiger partial charge on any atom is -0.460 e. The lowest BCUT2D eigenvalue weighted by Crippen LogP contribution is -2.10. The zero-order valence-electron chi connectivity index (χ0n) is 9.21. The van der Waals surface area contributed by atoms with Gasteiger partial charge in [-0.2, -0.15) is 0 Å². The number of esters is 1. The van der Waals surface area contributed by atoms with Crippen LogP contribution in [0.5, 0.6) is 0 Å². The molecular formula is C11H7Cl3N2O2. The van der Waals surface area contributed by atoms with E-state index in [4.69, 9.17) is 39.5 Å². The highest BCUT2D eigenvalue weighted by molar-refractivity contribution is 6.41. The number of benzene rings is 1. The van der Waals surface area contributed by atoms with Crippen molar-refractivity contribution in [3.05, 3.63) is 33.2 Å². The molecule has 0 fully saturated rings. The quantitative estimate of drug-likeness (QED) is 0.626. The molecule has 1 heterocycles. The van der Waals surface area contributed by atoms with Crippen LogP contribution in [0.1, 0.15) is 17.5 Å². The van der Waals surface area contributed by atoms with Crippen LogP contribution in [0.2, 0.25) is 15.2 Å². The molecule has 1 aromatic carbocycles. The third-order valence-electron chi connectivity index (χ3n) is 2.13. The molecule has 94 valence electrons. The molecule has 0 radical (unpaired) electrons. The van der Waals surface area contributed by atoms with E-state index in [1.807, 2.05) is 0 Å². The molecule has 18 heavy (non-hydrogen) atoms. The van der Waals surface area contributed by atoms with Gasteiger partial charge in [-0.25, -0.2) is 14.8 Å². The van der Waals surface area contributed by atoms with Crippen LogP contribution in [-0.4, -0.2) is 22.5 Å². The van der Waals surface area contributed by atoms with Gasteiger partial charge in [0.05, 0.1) is 17.1 Å².